The summed E-state index contributed by atoms with van der Waals surface area (Å²) >= 11 is 0. The summed E-state index contributed by atoms with van der Waals surface area (Å²) < 4.78 is 91.3. The van der Waals surface area contributed by atoms with E-state index < -0.39 is 26.0 Å². The molecule has 19 heteroatoms. The fourth-order valence-corrected chi connectivity index (χ4v) is 10.8. The molecule has 0 radical (unpaired) electrons. The number of aromatic hydroxyl groups is 1. The van der Waals surface area contributed by atoms with Crippen LogP contribution in [0, 0.1) is 11.6 Å². The summed E-state index contributed by atoms with van der Waals surface area (Å²) in [4.78, 5) is 34.3. The van der Waals surface area contributed by atoms with Crippen molar-refractivity contribution in [2.24, 2.45) is 0 Å². The van der Waals surface area contributed by atoms with E-state index in [0.29, 0.717) is 63.1 Å². The molecule has 2 aliphatic heterocycles. The lowest BCUT2D eigenvalue weighted by atomic mass is 9.98. The number of benzene rings is 5. The number of phenols is 1. The largest absolute Gasteiger partial charge is 0.505 e. The summed E-state index contributed by atoms with van der Waals surface area (Å²) in [7, 11) is -5.73. The molecule has 2 amide bonds. The number of aromatic nitrogens is 2. The molecular formula is C50H48F2N6O9S2. The number of pyridine rings is 2. The third kappa shape index (κ3) is 9.82. The number of nitrogens with zero attached hydrogens (tertiary/aromatic N) is 4. The Balaban J connectivity index is 0.000000192. The monoisotopic (exact) mass is 978 g/mol. The molecule has 0 bridgehead atoms. The van der Waals surface area contributed by atoms with Crippen LogP contribution in [0.2, 0.25) is 0 Å². The van der Waals surface area contributed by atoms with Crippen molar-refractivity contribution in [3.63, 3.8) is 0 Å². The third-order valence-electron chi connectivity index (χ3n) is 11.8. The van der Waals surface area contributed by atoms with Gasteiger partial charge in [0.15, 0.2) is 11.5 Å². The van der Waals surface area contributed by atoms with Crippen LogP contribution < -0.4 is 28.7 Å². The highest BCUT2D eigenvalue weighted by atomic mass is 32.2. The molecule has 358 valence electrons. The smallest absolute Gasteiger partial charge is 0.255 e. The van der Waals surface area contributed by atoms with Crippen molar-refractivity contribution >= 4 is 65.0 Å². The molecule has 0 spiro atoms. The van der Waals surface area contributed by atoms with Gasteiger partial charge in [0.05, 0.1) is 42.1 Å². The first-order chi connectivity index (χ1) is 32.9. The van der Waals surface area contributed by atoms with Crippen LogP contribution >= 0.6 is 0 Å². The zero-order valence-electron chi connectivity index (χ0n) is 38.3. The van der Waals surface area contributed by atoms with Gasteiger partial charge >= 0.3 is 0 Å². The second kappa shape index (κ2) is 19.3. The van der Waals surface area contributed by atoms with Crippen molar-refractivity contribution in [2.45, 2.75) is 46.4 Å². The molecule has 0 saturated carbocycles. The van der Waals surface area contributed by atoms with E-state index in [0.717, 1.165) is 40.3 Å². The molecule has 2 aromatic heterocycles. The van der Waals surface area contributed by atoms with Gasteiger partial charge in [0, 0.05) is 60.5 Å². The van der Waals surface area contributed by atoms with Crippen LogP contribution in [0.1, 0.15) is 73.5 Å². The molecule has 0 fully saturated rings. The second-order valence-electron chi connectivity index (χ2n) is 16.5. The van der Waals surface area contributed by atoms with Crippen LogP contribution in [-0.4, -0.2) is 76.4 Å². The highest BCUT2D eigenvalue weighted by Gasteiger charge is 2.36. The van der Waals surface area contributed by atoms with Gasteiger partial charge in [-0.3, -0.25) is 28.2 Å². The van der Waals surface area contributed by atoms with Gasteiger partial charge in [0.1, 0.15) is 35.0 Å². The number of amides is 2. The number of rotatable bonds is 14. The van der Waals surface area contributed by atoms with Gasteiger partial charge in [-0.1, -0.05) is 36.4 Å². The number of ether oxygens (including phenoxy) is 2. The molecule has 7 aromatic rings. The van der Waals surface area contributed by atoms with Gasteiger partial charge in [-0.2, -0.15) is 0 Å². The summed E-state index contributed by atoms with van der Waals surface area (Å²) in [5.74, 6) is -0.724. The van der Waals surface area contributed by atoms with Crippen molar-refractivity contribution in [3.05, 3.63) is 159 Å². The van der Waals surface area contributed by atoms with Gasteiger partial charge in [-0.15, -0.1) is 0 Å². The average Bonchev–Trinajstić information content (AvgIpc) is 3.90. The molecule has 69 heavy (non-hydrogen) atoms. The molecule has 0 atom stereocenters. The average molecular weight is 979 g/mol. The van der Waals surface area contributed by atoms with Gasteiger partial charge in [0.25, 0.3) is 11.8 Å². The molecule has 9 rings (SSSR count). The van der Waals surface area contributed by atoms with E-state index in [4.69, 9.17) is 9.47 Å². The number of phenolic OH excluding ortho intramolecular Hbond substituents is 1. The number of anilines is 2. The van der Waals surface area contributed by atoms with Crippen LogP contribution in [0.3, 0.4) is 0 Å². The van der Waals surface area contributed by atoms with Crippen LogP contribution in [0.5, 0.6) is 17.2 Å². The third-order valence-corrected chi connectivity index (χ3v) is 14.3. The first-order valence-corrected chi connectivity index (χ1v) is 25.5. The van der Waals surface area contributed by atoms with Crippen molar-refractivity contribution in [2.75, 3.05) is 41.3 Å². The minimum atomic E-state index is -3.68. The number of fused-ring (bicyclic) bond motifs is 4. The van der Waals surface area contributed by atoms with Crippen LogP contribution in [0.15, 0.2) is 97.3 Å². The number of nitrogens with one attached hydrogen (secondary N) is 2. The van der Waals surface area contributed by atoms with Gasteiger partial charge in [-0.25, -0.2) is 25.6 Å². The topological polar surface area (TPSA) is 197 Å². The van der Waals surface area contributed by atoms with Crippen molar-refractivity contribution < 1.29 is 49.8 Å². The van der Waals surface area contributed by atoms with E-state index in [1.165, 1.54) is 32.9 Å². The first-order valence-electron chi connectivity index (χ1n) is 21.8. The highest BCUT2D eigenvalue weighted by molar-refractivity contribution is 7.92. The summed E-state index contributed by atoms with van der Waals surface area (Å²) in [5.41, 5.74) is 6.77. The number of sulfonamides is 2. The van der Waals surface area contributed by atoms with Crippen LogP contribution in [0.4, 0.5) is 20.2 Å². The highest BCUT2D eigenvalue weighted by Crippen LogP contribution is 2.45. The van der Waals surface area contributed by atoms with Crippen molar-refractivity contribution in [3.8, 4) is 17.2 Å². The lowest BCUT2D eigenvalue weighted by Crippen LogP contribution is -2.31. The summed E-state index contributed by atoms with van der Waals surface area (Å²) in [6.07, 6.45) is 6.38. The van der Waals surface area contributed by atoms with Gasteiger partial charge in [-0.05, 0) is 103 Å². The minimum absolute atomic E-state index is 0.0541. The van der Waals surface area contributed by atoms with E-state index in [1.807, 2.05) is 30.3 Å². The second-order valence-corrected chi connectivity index (χ2v) is 20.3. The minimum Gasteiger partial charge on any atom is -0.505 e. The summed E-state index contributed by atoms with van der Waals surface area (Å²) in [6, 6.07) is 23.3. The molecule has 3 N–H and O–H groups in total. The maximum absolute atomic E-state index is 13.4. The lowest BCUT2D eigenvalue weighted by Gasteiger charge is -2.26. The van der Waals surface area contributed by atoms with E-state index in [2.05, 4.69) is 20.6 Å². The fraction of sp³-hybridized carbons (Fsp3) is 0.240. The number of methoxy groups -OCH3 is 1. The van der Waals surface area contributed by atoms with Crippen LogP contribution in [0.25, 0.3) is 21.8 Å². The van der Waals surface area contributed by atoms with E-state index in [1.54, 1.807) is 63.7 Å². The van der Waals surface area contributed by atoms with E-state index in [-0.39, 0.29) is 72.7 Å². The predicted molar refractivity (Wildman–Crippen MR) is 259 cm³/mol. The Morgan fingerprint density at radius 2 is 1.07 bits per heavy atom. The maximum atomic E-state index is 13.4. The molecular weight excluding hydrogens is 931 g/mol. The van der Waals surface area contributed by atoms with Gasteiger partial charge in [0.2, 0.25) is 20.0 Å². The number of hydrogen-bond donors (Lipinski definition) is 3. The number of carbonyl (C=O) groups is 2. The maximum Gasteiger partial charge on any atom is 0.255 e. The predicted octanol–water partition coefficient (Wildman–Crippen LogP) is 7.28. The van der Waals surface area contributed by atoms with Crippen LogP contribution in [-0.2, 0) is 52.6 Å². The quantitative estimate of drug-likeness (QED) is 0.0991. The molecule has 4 heterocycles. The number of halogens is 2. The van der Waals surface area contributed by atoms with E-state index in [9.17, 15) is 40.3 Å². The SMILES string of the molecule is CCN(c1c2c(c(O)c3ncc(Cc4ccc(F)cc4)cc13)C(=O)NC2)S(C)(=O)=O.CCN(c1c2c(c(OCc3ccc(OC)cc3)c3ncc(Cc4ccc(F)cc4)cc13)C(=O)NC2)S(C)(=O)=O. The Labute approximate surface area is 397 Å². The Hall–Kier alpha value is -7.38. The van der Waals surface area contributed by atoms with E-state index >= 15 is 0 Å². The summed E-state index contributed by atoms with van der Waals surface area (Å²) in [6.45, 7) is 4.21. The Morgan fingerprint density at radius 3 is 1.54 bits per heavy atom. The fourth-order valence-electron chi connectivity index (χ4n) is 8.74. The molecule has 0 aliphatic carbocycles. The lowest BCUT2D eigenvalue weighted by molar-refractivity contribution is 0.0954. The zero-order chi connectivity index (χ0) is 49.4. The Kier molecular flexibility index (Phi) is 13.5. The molecule has 2 aliphatic rings. The summed E-state index contributed by atoms with van der Waals surface area (Å²) in [5, 5.41) is 17.2. The Morgan fingerprint density at radius 1 is 0.638 bits per heavy atom. The molecule has 0 saturated heterocycles. The molecule has 0 unspecified atom stereocenters. The first kappa shape index (κ1) is 48.1. The number of carbonyl (C=O) groups excluding carboxylic acids is 2. The van der Waals surface area contributed by atoms with Gasteiger partial charge < -0.3 is 25.2 Å². The normalized spacial score (nSPS) is 13.0. The number of hydrogen-bond acceptors (Lipinski definition) is 11. The van der Waals surface area contributed by atoms with Crippen molar-refractivity contribution in [1.29, 1.82) is 0 Å². The molecule has 15 nitrogen and oxygen atoms in total. The molecule has 5 aromatic carbocycles. The Bertz CT molecular complexity index is 3380. The zero-order valence-corrected chi connectivity index (χ0v) is 39.9. The standard InChI is InChI=1S/C29H28FN3O5S.C21H20FN3O4S/c1-4-33(39(3,35)36)27-23-14-20(13-18-5-9-21(30)10-6-18)15-31-26(23)28(25-24(27)16-32-29(25)34)38-17-19-7-11-22(37-2)12-8-19;1-3-25(30(2,28)29)19-15-9-13(8-12-4-6-14(22)7-5-12)10-23-18(15)20(26)17-16(19)11-24-21(17)27/h5-12,14-15H,4,13,16-17H2,1-3H3,(H,32,34);4-7,9-10,26H,3,8,11H2,1-2H3,(H,24,27). The van der Waals surface area contributed by atoms with Crippen molar-refractivity contribution in [1.82, 2.24) is 20.6 Å².